The van der Waals surface area contributed by atoms with E-state index in [0.717, 1.165) is 70.4 Å². The lowest BCUT2D eigenvalue weighted by molar-refractivity contribution is -0.923. The molecule has 4 aliphatic rings. The number of fused-ring (bicyclic) bond motifs is 2. The Morgan fingerprint density at radius 1 is 0.583 bits per heavy atom. The second-order valence-corrected chi connectivity index (χ2v) is 14.5. The number of quaternary nitrogens is 2. The lowest BCUT2D eigenvalue weighted by Crippen LogP contribution is -2.49. The summed E-state index contributed by atoms with van der Waals surface area (Å²) in [6.45, 7) is 2.00. The molecule has 252 valence electrons. The van der Waals surface area contributed by atoms with Crippen LogP contribution in [0.4, 0.5) is 0 Å². The maximum atomic E-state index is 7.14. The molecule has 4 aliphatic heterocycles. The van der Waals surface area contributed by atoms with Gasteiger partial charge in [-0.05, 0) is 64.7 Å². The number of ether oxygens (including phenoxy) is 6. The third-order valence-corrected chi connectivity index (χ3v) is 10.9. The van der Waals surface area contributed by atoms with E-state index in [1.165, 1.54) is 22.3 Å². The lowest BCUT2D eigenvalue weighted by atomic mass is 9.85. The van der Waals surface area contributed by atoms with Gasteiger partial charge < -0.3 is 37.4 Å². The van der Waals surface area contributed by atoms with E-state index in [1.807, 2.05) is 6.07 Å². The Hall–Kier alpha value is -4.40. The Morgan fingerprint density at radius 3 is 1.88 bits per heavy atom. The molecule has 2 atom stereocenters. The number of hydrogen-bond donors (Lipinski definition) is 0. The van der Waals surface area contributed by atoms with Gasteiger partial charge in [0.1, 0.15) is 17.8 Å². The number of rotatable bonds is 4. The van der Waals surface area contributed by atoms with E-state index < -0.39 is 0 Å². The van der Waals surface area contributed by atoms with Gasteiger partial charge in [0.25, 0.3) is 0 Å². The summed E-state index contributed by atoms with van der Waals surface area (Å²) in [5.74, 6) is 5.51. The van der Waals surface area contributed by atoms with Crippen LogP contribution in [-0.4, -0.2) is 78.7 Å². The quantitative estimate of drug-likeness (QED) is 0.214. The fourth-order valence-corrected chi connectivity index (χ4v) is 7.95. The SMILES string of the molecule is COc1ccc2cc1Oc1ccc(cc1)C[C@H]1c3cc(c(OC)cc3CC[N+]1(C)C)Oc1c(OC)c(OC)cc3c1C(C2)[N+](C)(C)CC3. The van der Waals surface area contributed by atoms with E-state index in [2.05, 4.69) is 82.8 Å². The van der Waals surface area contributed by atoms with Crippen LogP contribution in [0, 0.1) is 0 Å². The maximum Gasteiger partial charge on any atom is 0.204 e. The molecular weight excluding hydrogens is 604 g/mol. The molecule has 4 heterocycles. The number of hydrogen-bond acceptors (Lipinski definition) is 6. The number of methoxy groups -OCH3 is 4. The molecule has 0 N–H and O–H groups in total. The van der Waals surface area contributed by atoms with Gasteiger partial charge in [-0.3, -0.25) is 0 Å². The first-order chi connectivity index (χ1) is 23.0. The van der Waals surface area contributed by atoms with Gasteiger partial charge in [0, 0.05) is 31.2 Å². The van der Waals surface area contributed by atoms with Gasteiger partial charge in [-0.1, -0.05) is 18.2 Å². The Labute approximate surface area is 284 Å². The van der Waals surface area contributed by atoms with Crippen LogP contribution in [0.3, 0.4) is 0 Å². The second-order valence-electron chi connectivity index (χ2n) is 14.5. The number of benzene rings is 4. The highest BCUT2D eigenvalue weighted by atomic mass is 16.5. The van der Waals surface area contributed by atoms with Crippen molar-refractivity contribution in [3.05, 3.63) is 94.0 Å². The molecule has 0 aromatic heterocycles. The normalized spacial score (nSPS) is 20.2. The number of nitrogens with zero attached hydrogens (tertiary/aromatic N) is 2. The third kappa shape index (κ3) is 5.61. The van der Waals surface area contributed by atoms with E-state index in [0.29, 0.717) is 34.5 Å². The van der Waals surface area contributed by atoms with E-state index >= 15 is 0 Å². The highest BCUT2D eigenvalue weighted by molar-refractivity contribution is 5.63. The van der Waals surface area contributed by atoms with E-state index in [4.69, 9.17) is 28.4 Å². The maximum absolute atomic E-state index is 7.14. The second kappa shape index (κ2) is 12.2. The lowest BCUT2D eigenvalue weighted by Gasteiger charge is -2.44. The summed E-state index contributed by atoms with van der Waals surface area (Å²) < 4.78 is 39.1. The van der Waals surface area contributed by atoms with Crippen molar-refractivity contribution in [3.63, 3.8) is 0 Å². The van der Waals surface area contributed by atoms with Crippen LogP contribution >= 0.6 is 0 Å². The fourth-order valence-electron chi connectivity index (χ4n) is 7.95. The van der Waals surface area contributed by atoms with Gasteiger partial charge in [-0.2, -0.15) is 0 Å². The van der Waals surface area contributed by atoms with E-state index in [9.17, 15) is 0 Å². The summed E-state index contributed by atoms with van der Waals surface area (Å²) in [6.07, 6.45) is 3.47. The van der Waals surface area contributed by atoms with E-state index in [-0.39, 0.29) is 12.1 Å². The molecule has 0 saturated carbocycles. The van der Waals surface area contributed by atoms with Gasteiger partial charge in [0.05, 0.1) is 75.3 Å². The first-order valence-electron chi connectivity index (χ1n) is 16.8. The summed E-state index contributed by atoms with van der Waals surface area (Å²) in [7, 11) is 16.0. The molecule has 0 aliphatic carbocycles. The van der Waals surface area contributed by atoms with Gasteiger partial charge >= 0.3 is 0 Å². The van der Waals surface area contributed by atoms with Crippen LogP contribution < -0.4 is 28.4 Å². The Morgan fingerprint density at radius 2 is 1.19 bits per heavy atom. The highest BCUT2D eigenvalue weighted by Gasteiger charge is 2.42. The minimum atomic E-state index is 0.0509. The Bertz CT molecular complexity index is 1850. The van der Waals surface area contributed by atoms with Crippen molar-refractivity contribution >= 4 is 0 Å². The summed E-state index contributed by atoms with van der Waals surface area (Å²) in [4.78, 5) is 0. The molecule has 4 aromatic carbocycles. The molecular formula is C40H48N2O6+2. The van der Waals surface area contributed by atoms with Crippen LogP contribution in [0.15, 0.2) is 60.7 Å². The van der Waals surface area contributed by atoms with Crippen molar-refractivity contribution in [2.75, 3.05) is 69.7 Å². The fraction of sp³-hybridized carbons (Fsp3) is 0.400. The minimum absolute atomic E-state index is 0.0509. The van der Waals surface area contributed by atoms with Crippen molar-refractivity contribution < 1.29 is 37.4 Å². The van der Waals surface area contributed by atoms with Crippen LogP contribution in [0.5, 0.6) is 46.0 Å². The largest absolute Gasteiger partial charge is 0.493 e. The average Bonchev–Trinajstić information content (AvgIpc) is 3.07. The van der Waals surface area contributed by atoms with Gasteiger partial charge in [0.15, 0.2) is 34.5 Å². The van der Waals surface area contributed by atoms with Gasteiger partial charge in [-0.25, -0.2) is 0 Å². The molecule has 0 radical (unpaired) electrons. The molecule has 4 aromatic rings. The predicted octanol–water partition coefficient (Wildman–Crippen LogP) is 7.45. The summed E-state index contributed by atoms with van der Waals surface area (Å²) in [5, 5.41) is 0. The van der Waals surface area contributed by atoms with Gasteiger partial charge in [-0.15, -0.1) is 0 Å². The molecule has 0 spiro atoms. The van der Waals surface area contributed by atoms with Crippen LogP contribution in [-0.2, 0) is 25.7 Å². The molecule has 8 rings (SSSR count). The topological polar surface area (TPSA) is 55.4 Å². The first-order valence-corrected chi connectivity index (χ1v) is 16.8. The summed E-state index contributed by atoms with van der Waals surface area (Å²) >= 11 is 0. The average molecular weight is 653 g/mol. The first kappa shape index (κ1) is 32.2. The molecule has 1 unspecified atom stereocenters. The zero-order valence-corrected chi connectivity index (χ0v) is 29.5. The van der Waals surface area contributed by atoms with Crippen LogP contribution in [0.1, 0.15) is 45.5 Å². The Kier molecular flexibility index (Phi) is 8.20. The molecule has 0 fully saturated rings. The minimum Gasteiger partial charge on any atom is -0.493 e. The monoisotopic (exact) mass is 652 g/mol. The van der Waals surface area contributed by atoms with Crippen molar-refractivity contribution in [2.24, 2.45) is 0 Å². The smallest absolute Gasteiger partial charge is 0.204 e. The molecule has 0 amide bonds. The van der Waals surface area contributed by atoms with Crippen molar-refractivity contribution in [2.45, 2.75) is 37.8 Å². The zero-order valence-electron chi connectivity index (χ0n) is 29.5. The van der Waals surface area contributed by atoms with E-state index in [1.54, 1.807) is 28.4 Å². The Balaban J connectivity index is 1.50. The molecule has 8 nitrogen and oxygen atoms in total. The van der Waals surface area contributed by atoms with Crippen LogP contribution in [0.2, 0.25) is 0 Å². The van der Waals surface area contributed by atoms with Crippen molar-refractivity contribution in [1.82, 2.24) is 0 Å². The predicted molar refractivity (Wildman–Crippen MR) is 186 cm³/mol. The third-order valence-electron chi connectivity index (χ3n) is 10.9. The van der Waals surface area contributed by atoms with Gasteiger partial charge in [0.2, 0.25) is 5.75 Å². The van der Waals surface area contributed by atoms with Crippen molar-refractivity contribution in [1.29, 1.82) is 0 Å². The van der Waals surface area contributed by atoms with Crippen molar-refractivity contribution in [3.8, 4) is 46.0 Å². The molecule has 6 bridgehead atoms. The highest BCUT2D eigenvalue weighted by Crippen LogP contribution is 2.53. The molecule has 0 saturated heterocycles. The standard InChI is InChI=1S/C40H48N2O6/c1-41(2)17-15-27-22-34(44-6)36-24-30(27)31(41)19-25-9-12-29(13-10-25)47-35-21-26(11-14-33(35)43-5)20-32-38-28(16-18-42(32,3)4)23-37(45-7)39(46-8)40(38)48-36/h9-14,21-24,31-32H,15-20H2,1-8H3/q+2/t31-,32?/m0/s1. The summed E-state index contributed by atoms with van der Waals surface area (Å²) in [5.41, 5.74) is 7.31. The zero-order chi connectivity index (χ0) is 33.8. The molecule has 48 heavy (non-hydrogen) atoms. The number of likely N-dealkylation sites (N-methyl/N-ethyl adjacent to an activating group) is 2. The molecule has 8 heteroatoms. The van der Waals surface area contributed by atoms with Crippen LogP contribution in [0.25, 0.3) is 0 Å². The summed E-state index contributed by atoms with van der Waals surface area (Å²) in [6, 6.07) is 21.6.